The van der Waals surface area contributed by atoms with Crippen molar-refractivity contribution in [3.63, 3.8) is 0 Å². The summed E-state index contributed by atoms with van der Waals surface area (Å²) in [5, 5.41) is 4.53. The first-order valence-corrected chi connectivity index (χ1v) is 10.4. The number of hydrogen-bond donors (Lipinski definition) is 1. The van der Waals surface area contributed by atoms with Gasteiger partial charge in [0.1, 0.15) is 17.2 Å². The van der Waals surface area contributed by atoms with E-state index in [1.54, 1.807) is 6.26 Å². The van der Waals surface area contributed by atoms with Crippen molar-refractivity contribution in [1.29, 1.82) is 0 Å². The Labute approximate surface area is 180 Å². The SMILES string of the molecule is COC(=O)C(CC(C)C)NC(=O)CCc1c(C)c2cc3c(C)coc3c(C)c2oc1=O. The number of furan rings is 1. The fourth-order valence-electron chi connectivity index (χ4n) is 3.94. The third kappa shape index (κ3) is 4.50. The number of fused-ring (bicyclic) bond motifs is 2. The lowest BCUT2D eigenvalue weighted by Gasteiger charge is -2.18. The standard InChI is InChI=1S/C24H29NO6/c1-12(2)9-19(24(28)29-6)25-20(26)8-7-16-14(4)18-10-17-13(3)11-30-21(17)15(5)22(18)31-23(16)27/h10-12,19H,7-9H2,1-6H3,(H,25,26). The Morgan fingerprint density at radius 1 is 1.10 bits per heavy atom. The second-order valence-electron chi connectivity index (χ2n) is 8.44. The molecule has 1 N–H and O–H groups in total. The molecule has 0 aliphatic heterocycles. The van der Waals surface area contributed by atoms with Crippen LogP contribution in [0.1, 0.15) is 48.9 Å². The first-order valence-electron chi connectivity index (χ1n) is 10.4. The van der Waals surface area contributed by atoms with Crippen molar-refractivity contribution in [2.45, 2.75) is 59.9 Å². The van der Waals surface area contributed by atoms with Crippen molar-refractivity contribution in [3.8, 4) is 0 Å². The van der Waals surface area contributed by atoms with E-state index in [0.717, 1.165) is 27.5 Å². The van der Waals surface area contributed by atoms with Crippen LogP contribution in [-0.4, -0.2) is 25.0 Å². The van der Waals surface area contributed by atoms with Crippen LogP contribution >= 0.6 is 0 Å². The van der Waals surface area contributed by atoms with Crippen LogP contribution in [0, 0.1) is 26.7 Å². The number of rotatable bonds is 7. The predicted octanol–water partition coefficient (Wildman–Crippen LogP) is 4.10. The minimum absolute atomic E-state index is 0.0641. The Morgan fingerprint density at radius 2 is 1.81 bits per heavy atom. The minimum Gasteiger partial charge on any atom is -0.467 e. The first kappa shape index (κ1) is 22.6. The fraction of sp³-hybridized carbons (Fsp3) is 0.458. The van der Waals surface area contributed by atoms with E-state index < -0.39 is 17.6 Å². The van der Waals surface area contributed by atoms with Gasteiger partial charge in [0.15, 0.2) is 0 Å². The summed E-state index contributed by atoms with van der Waals surface area (Å²) in [5.74, 6) is -0.573. The number of carbonyl (C=O) groups excluding carboxylic acids is 2. The summed E-state index contributed by atoms with van der Waals surface area (Å²) in [6, 6.07) is 1.26. The number of methoxy groups -OCH3 is 1. The monoisotopic (exact) mass is 427 g/mol. The molecule has 0 radical (unpaired) electrons. The van der Waals surface area contributed by atoms with E-state index in [1.807, 2.05) is 40.7 Å². The Bertz CT molecular complexity index is 1200. The zero-order valence-electron chi connectivity index (χ0n) is 18.9. The molecule has 0 fully saturated rings. The number of hydrogen-bond acceptors (Lipinski definition) is 6. The lowest BCUT2D eigenvalue weighted by atomic mass is 9.98. The van der Waals surface area contributed by atoms with Gasteiger partial charge in [-0.2, -0.15) is 0 Å². The van der Waals surface area contributed by atoms with Gasteiger partial charge < -0.3 is 18.9 Å². The van der Waals surface area contributed by atoms with E-state index in [-0.39, 0.29) is 24.7 Å². The molecule has 0 saturated heterocycles. The highest BCUT2D eigenvalue weighted by Gasteiger charge is 2.23. The van der Waals surface area contributed by atoms with Crippen molar-refractivity contribution >= 4 is 33.8 Å². The molecule has 31 heavy (non-hydrogen) atoms. The average Bonchev–Trinajstić information content (AvgIpc) is 3.08. The Morgan fingerprint density at radius 3 is 2.45 bits per heavy atom. The summed E-state index contributed by atoms with van der Waals surface area (Å²) in [6.07, 6.45) is 2.45. The van der Waals surface area contributed by atoms with E-state index in [9.17, 15) is 14.4 Å². The number of esters is 1. The predicted molar refractivity (Wildman–Crippen MR) is 118 cm³/mol. The van der Waals surface area contributed by atoms with Crippen LogP contribution in [0.3, 0.4) is 0 Å². The topological polar surface area (TPSA) is 98.8 Å². The quantitative estimate of drug-likeness (QED) is 0.450. The second-order valence-corrected chi connectivity index (χ2v) is 8.44. The Balaban J connectivity index is 1.87. The van der Waals surface area contributed by atoms with Gasteiger partial charge >= 0.3 is 11.6 Å². The molecular formula is C24H29NO6. The fourth-order valence-corrected chi connectivity index (χ4v) is 3.94. The second kappa shape index (κ2) is 8.96. The molecule has 7 nitrogen and oxygen atoms in total. The van der Waals surface area contributed by atoms with Crippen LogP contribution in [-0.2, 0) is 20.7 Å². The number of ether oxygens (including phenoxy) is 1. The molecule has 1 amide bonds. The smallest absolute Gasteiger partial charge is 0.339 e. The van der Waals surface area contributed by atoms with E-state index in [2.05, 4.69) is 5.32 Å². The summed E-state index contributed by atoms with van der Waals surface area (Å²) in [5.41, 5.74) is 3.77. The van der Waals surface area contributed by atoms with Crippen molar-refractivity contribution in [3.05, 3.63) is 45.0 Å². The van der Waals surface area contributed by atoms with E-state index in [4.69, 9.17) is 13.6 Å². The molecule has 0 saturated carbocycles. The normalized spacial score (nSPS) is 12.5. The van der Waals surface area contributed by atoms with Gasteiger partial charge in [0.2, 0.25) is 5.91 Å². The maximum absolute atomic E-state index is 12.7. The van der Waals surface area contributed by atoms with Crippen LogP contribution < -0.4 is 10.9 Å². The van der Waals surface area contributed by atoms with Gasteiger partial charge in [0, 0.05) is 28.3 Å². The maximum Gasteiger partial charge on any atom is 0.339 e. The molecule has 3 aromatic rings. The van der Waals surface area contributed by atoms with Gasteiger partial charge in [-0.1, -0.05) is 13.8 Å². The molecule has 1 aromatic carbocycles. The summed E-state index contributed by atoms with van der Waals surface area (Å²) in [7, 11) is 1.30. The van der Waals surface area contributed by atoms with Gasteiger partial charge in [-0.3, -0.25) is 4.79 Å². The van der Waals surface area contributed by atoms with Crippen molar-refractivity contribution < 1.29 is 23.2 Å². The zero-order valence-corrected chi connectivity index (χ0v) is 18.9. The van der Waals surface area contributed by atoms with Crippen molar-refractivity contribution in [2.75, 3.05) is 7.11 Å². The van der Waals surface area contributed by atoms with Crippen LogP contribution in [0.15, 0.2) is 26.0 Å². The molecular weight excluding hydrogens is 398 g/mol. The van der Waals surface area contributed by atoms with Crippen LogP contribution in [0.4, 0.5) is 0 Å². The van der Waals surface area contributed by atoms with E-state index in [0.29, 0.717) is 23.2 Å². The molecule has 166 valence electrons. The molecule has 0 aliphatic rings. The van der Waals surface area contributed by atoms with Gasteiger partial charge in [-0.15, -0.1) is 0 Å². The summed E-state index contributed by atoms with van der Waals surface area (Å²) < 4.78 is 16.0. The van der Waals surface area contributed by atoms with Gasteiger partial charge in [0.05, 0.1) is 13.4 Å². The molecule has 1 unspecified atom stereocenters. The molecule has 2 heterocycles. The van der Waals surface area contributed by atoms with Crippen LogP contribution in [0.25, 0.3) is 21.9 Å². The van der Waals surface area contributed by atoms with Crippen LogP contribution in [0.5, 0.6) is 0 Å². The largest absolute Gasteiger partial charge is 0.467 e. The average molecular weight is 427 g/mol. The minimum atomic E-state index is -0.702. The van der Waals surface area contributed by atoms with Crippen molar-refractivity contribution in [1.82, 2.24) is 5.32 Å². The lowest BCUT2D eigenvalue weighted by molar-refractivity contribution is -0.145. The Kier molecular flexibility index (Phi) is 6.53. The van der Waals surface area contributed by atoms with E-state index in [1.165, 1.54) is 7.11 Å². The molecule has 7 heteroatoms. The molecule has 0 spiro atoms. The van der Waals surface area contributed by atoms with Crippen molar-refractivity contribution in [2.24, 2.45) is 5.92 Å². The highest BCUT2D eigenvalue weighted by molar-refractivity contribution is 5.99. The zero-order chi connectivity index (χ0) is 22.9. The number of amides is 1. The molecule has 1 atom stereocenters. The van der Waals surface area contributed by atoms with Gasteiger partial charge in [0.25, 0.3) is 0 Å². The summed E-state index contributed by atoms with van der Waals surface area (Å²) >= 11 is 0. The molecule has 3 rings (SSSR count). The van der Waals surface area contributed by atoms with Crippen LogP contribution in [0.2, 0.25) is 0 Å². The number of aryl methyl sites for hydroxylation is 3. The van der Waals surface area contributed by atoms with Gasteiger partial charge in [-0.25, -0.2) is 9.59 Å². The third-order valence-corrected chi connectivity index (χ3v) is 5.67. The molecule has 2 aromatic heterocycles. The third-order valence-electron chi connectivity index (χ3n) is 5.67. The highest BCUT2D eigenvalue weighted by atomic mass is 16.5. The Hall–Kier alpha value is -3.09. The number of nitrogens with one attached hydrogen (secondary N) is 1. The number of carbonyl (C=O) groups is 2. The summed E-state index contributed by atoms with van der Waals surface area (Å²) in [6.45, 7) is 9.62. The van der Waals surface area contributed by atoms with Gasteiger partial charge in [-0.05, 0) is 56.7 Å². The maximum atomic E-state index is 12.7. The molecule has 0 aliphatic carbocycles. The molecule has 0 bridgehead atoms. The van der Waals surface area contributed by atoms with E-state index >= 15 is 0 Å². The lowest BCUT2D eigenvalue weighted by Crippen LogP contribution is -2.42. The highest BCUT2D eigenvalue weighted by Crippen LogP contribution is 2.32. The first-order chi connectivity index (χ1) is 14.6. The summed E-state index contributed by atoms with van der Waals surface area (Å²) in [4.78, 5) is 37.1. The number of benzene rings is 1.